The molecule has 10 heteroatoms. The Balaban J connectivity index is 1.80. The summed E-state index contributed by atoms with van der Waals surface area (Å²) in [5, 5.41) is 48.8. The Morgan fingerprint density at radius 2 is 1.93 bits per heavy atom. The number of allylic oxidation sites excluding steroid dienone is 1. The molecule has 1 aliphatic carbocycles. The van der Waals surface area contributed by atoms with E-state index in [1.165, 1.54) is 13.4 Å². The predicted molar refractivity (Wildman–Crippen MR) is 86.6 cm³/mol. The van der Waals surface area contributed by atoms with E-state index in [1.54, 1.807) is 6.08 Å². The average Bonchev–Trinajstić information content (AvgIpc) is 3.12. The fourth-order valence-electron chi connectivity index (χ4n) is 3.73. The Morgan fingerprint density at radius 1 is 1.19 bits per heavy atom. The van der Waals surface area contributed by atoms with Crippen molar-refractivity contribution in [3.05, 3.63) is 23.5 Å². The van der Waals surface area contributed by atoms with Gasteiger partial charge in [0.1, 0.15) is 24.4 Å². The van der Waals surface area contributed by atoms with Crippen LogP contribution in [-0.2, 0) is 23.7 Å². The van der Waals surface area contributed by atoms with Crippen LogP contribution < -0.4 is 0 Å². The number of carbonyl (C=O) groups is 1. The minimum Gasteiger partial charge on any atom is -0.471 e. The minimum absolute atomic E-state index is 0.270. The Hall–Kier alpha value is -1.53. The molecule has 152 valence electrons. The Morgan fingerprint density at radius 3 is 2.56 bits per heavy atom. The molecule has 5 N–H and O–H groups in total. The molecule has 3 unspecified atom stereocenters. The normalized spacial score (nSPS) is 41.3. The van der Waals surface area contributed by atoms with Gasteiger partial charge in [0.15, 0.2) is 6.29 Å². The number of aliphatic hydroxyl groups excluding tert-OH is 5. The molecular formula is C17H24O10. The van der Waals surface area contributed by atoms with E-state index in [4.69, 9.17) is 18.9 Å². The van der Waals surface area contributed by atoms with Gasteiger partial charge in [-0.05, 0) is 12.0 Å². The number of fused-ring (bicyclic) bond motifs is 1. The highest BCUT2D eigenvalue weighted by atomic mass is 16.8. The van der Waals surface area contributed by atoms with E-state index in [0.717, 1.165) is 0 Å². The molecule has 1 fully saturated rings. The van der Waals surface area contributed by atoms with Gasteiger partial charge in [-0.2, -0.15) is 0 Å². The SMILES string of the molecule is COC(=O)C1=COC(O[C@@H]2O[C@H](CO)[C@@H](O)[C@H](O)[C@H]2O)C2C(CO)=CCC12. The van der Waals surface area contributed by atoms with Crippen LogP contribution in [0.1, 0.15) is 6.42 Å². The monoisotopic (exact) mass is 388 g/mol. The van der Waals surface area contributed by atoms with Crippen LogP contribution in [-0.4, -0.2) is 88.8 Å². The summed E-state index contributed by atoms with van der Waals surface area (Å²) in [6.45, 7) is -0.857. The predicted octanol–water partition coefficient (Wildman–Crippen LogP) is -2.23. The van der Waals surface area contributed by atoms with Crippen molar-refractivity contribution in [2.24, 2.45) is 11.8 Å². The number of hydrogen-bond acceptors (Lipinski definition) is 10. The quantitative estimate of drug-likeness (QED) is 0.258. The molecule has 0 bridgehead atoms. The number of ether oxygens (including phenoxy) is 4. The molecule has 3 aliphatic rings. The third-order valence-electron chi connectivity index (χ3n) is 5.24. The molecule has 27 heavy (non-hydrogen) atoms. The molecule has 8 atom stereocenters. The van der Waals surface area contributed by atoms with Crippen LogP contribution in [0.5, 0.6) is 0 Å². The topological polar surface area (TPSA) is 155 Å². The van der Waals surface area contributed by atoms with Crippen LogP contribution in [0.4, 0.5) is 0 Å². The van der Waals surface area contributed by atoms with Crippen molar-refractivity contribution >= 4 is 5.97 Å². The molecule has 1 saturated heterocycles. The molecule has 0 spiro atoms. The van der Waals surface area contributed by atoms with E-state index < -0.39 is 55.5 Å². The fraction of sp³-hybridized carbons (Fsp3) is 0.706. The van der Waals surface area contributed by atoms with Gasteiger partial charge in [-0.15, -0.1) is 0 Å². The molecule has 2 aliphatic heterocycles. The van der Waals surface area contributed by atoms with Gasteiger partial charge in [-0.1, -0.05) is 6.08 Å². The zero-order chi connectivity index (χ0) is 19.7. The smallest absolute Gasteiger partial charge is 0.337 e. The summed E-state index contributed by atoms with van der Waals surface area (Å²) in [7, 11) is 1.25. The number of carbonyl (C=O) groups excluding carboxylic acids is 1. The van der Waals surface area contributed by atoms with E-state index in [1.807, 2.05) is 0 Å². The lowest BCUT2D eigenvalue weighted by Gasteiger charge is -2.42. The molecule has 2 heterocycles. The summed E-state index contributed by atoms with van der Waals surface area (Å²) in [5.74, 6) is -1.42. The molecule has 0 aromatic heterocycles. The number of esters is 1. The summed E-state index contributed by atoms with van der Waals surface area (Å²) in [6.07, 6.45) is -4.73. The number of rotatable bonds is 5. The molecule has 0 aromatic rings. The highest BCUT2D eigenvalue weighted by Gasteiger charge is 2.49. The first-order chi connectivity index (χ1) is 12.9. The third kappa shape index (κ3) is 3.61. The zero-order valence-corrected chi connectivity index (χ0v) is 14.7. The van der Waals surface area contributed by atoms with E-state index in [9.17, 15) is 30.3 Å². The van der Waals surface area contributed by atoms with E-state index in [2.05, 4.69) is 0 Å². The summed E-state index contributed by atoms with van der Waals surface area (Å²) in [4.78, 5) is 12.0. The highest BCUT2D eigenvalue weighted by Crippen LogP contribution is 2.44. The molecule has 3 rings (SSSR count). The van der Waals surface area contributed by atoms with Crippen LogP contribution in [0.2, 0.25) is 0 Å². The second kappa shape index (κ2) is 8.23. The summed E-state index contributed by atoms with van der Waals surface area (Å²) in [5.41, 5.74) is 0.903. The van der Waals surface area contributed by atoms with Crippen LogP contribution in [0, 0.1) is 11.8 Å². The number of aliphatic hydroxyl groups is 5. The summed E-state index contributed by atoms with van der Waals surface area (Å²) in [6, 6.07) is 0. The van der Waals surface area contributed by atoms with E-state index >= 15 is 0 Å². The van der Waals surface area contributed by atoms with Crippen molar-refractivity contribution in [3.63, 3.8) is 0 Å². The Labute approximate surface area is 155 Å². The largest absolute Gasteiger partial charge is 0.471 e. The van der Waals surface area contributed by atoms with Gasteiger partial charge in [0.25, 0.3) is 0 Å². The molecule has 0 amide bonds. The van der Waals surface area contributed by atoms with E-state index in [0.29, 0.717) is 17.6 Å². The first-order valence-corrected chi connectivity index (χ1v) is 8.62. The molecular weight excluding hydrogens is 364 g/mol. The highest BCUT2D eigenvalue weighted by molar-refractivity contribution is 5.89. The Bertz CT molecular complexity index is 615. The molecule has 0 aromatic carbocycles. The van der Waals surface area contributed by atoms with Crippen LogP contribution in [0.15, 0.2) is 23.5 Å². The van der Waals surface area contributed by atoms with Gasteiger partial charge in [-0.25, -0.2) is 4.79 Å². The summed E-state index contributed by atoms with van der Waals surface area (Å²) >= 11 is 0. The zero-order valence-electron chi connectivity index (χ0n) is 14.7. The van der Waals surface area contributed by atoms with Gasteiger partial charge < -0.3 is 44.5 Å². The lowest BCUT2D eigenvalue weighted by atomic mass is 9.83. The maximum Gasteiger partial charge on any atom is 0.337 e. The molecule has 0 saturated carbocycles. The standard InChI is InChI=1S/C17H24O10/c1-24-15(23)9-6-25-16(11-7(4-18)2-3-8(9)11)27-17-14(22)13(21)12(20)10(5-19)26-17/h2,6,8,10-14,16-22H,3-5H2,1H3/t8?,10-,11?,12-,13+,14-,16?,17+/m1/s1. The Kier molecular flexibility index (Phi) is 6.16. The van der Waals surface area contributed by atoms with Crippen molar-refractivity contribution in [1.82, 2.24) is 0 Å². The van der Waals surface area contributed by atoms with Crippen LogP contribution >= 0.6 is 0 Å². The lowest BCUT2D eigenvalue weighted by molar-refractivity contribution is -0.339. The van der Waals surface area contributed by atoms with Gasteiger partial charge in [0, 0.05) is 5.92 Å². The van der Waals surface area contributed by atoms with Crippen molar-refractivity contribution in [2.75, 3.05) is 20.3 Å². The van der Waals surface area contributed by atoms with Crippen molar-refractivity contribution in [3.8, 4) is 0 Å². The first-order valence-electron chi connectivity index (χ1n) is 8.62. The van der Waals surface area contributed by atoms with Gasteiger partial charge in [-0.3, -0.25) is 0 Å². The number of hydrogen-bond donors (Lipinski definition) is 5. The molecule has 0 radical (unpaired) electrons. The van der Waals surface area contributed by atoms with Crippen molar-refractivity contribution in [1.29, 1.82) is 0 Å². The lowest BCUT2D eigenvalue weighted by Crippen LogP contribution is -2.60. The van der Waals surface area contributed by atoms with Gasteiger partial charge in [0.05, 0.1) is 38.1 Å². The minimum atomic E-state index is -1.59. The second-order valence-electron chi connectivity index (χ2n) is 6.71. The number of methoxy groups -OCH3 is 1. The van der Waals surface area contributed by atoms with E-state index in [-0.39, 0.29) is 12.5 Å². The maximum atomic E-state index is 12.0. The van der Waals surface area contributed by atoms with Crippen molar-refractivity contribution < 1.29 is 49.3 Å². The van der Waals surface area contributed by atoms with Gasteiger partial charge >= 0.3 is 5.97 Å². The maximum absolute atomic E-state index is 12.0. The first kappa shape index (κ1) is 20.2. The second-order valence-corrected chi connectivity index (χ2v) is 6.71. The molecule has 10 nitrogen and oxygen atoms in total. The van der Waals surface area contributed by atoms with Crippen LogP contribution in [0.25, 0.3) is 0 Å². The average molecular weight is 388 g/mol. The van der Waals surface area contributed by atoms with Gasteiger partial charge in [0.2, 0.25) is 6.29 Å². The van der Waals surface area contributed by atoms with Crippen molar-refractivity contribution in [2.45, 2.75) is 43.4 Å². The fourth-order valence-corrected chi connectivity index (χ4v) is 3.73. The third-order valence-corrected chi connectivity index (χ3v) is 5.24. The van der Waals surface area contributed by atoms with Crippen LogP contribution in [0.3, 0.4) is 0 Å². The summed E-state index contributed by atoms with van der Waals surface area (Å²) < 4.78 is 21.3.